The molecule has 126 valence electrons. The number of fused-ring (bicyclic) bond motifs is 1. The lowest BCUT2D eigenvalue weighted by molar-refractivity contribution is 0.0908. The van der Waals surface area contributed by atoms with Crippen molar-refractivity contribution in [3.63, 3.8) is 0 Å². The van der Waals surface area contributed by atoms with Gasteiger partial charge in [-0.2, -0.15) is 0 Å². The predicted molar refractivity (Wildman–Crippen MR) is 96.0 cm³/mol. The van der Waals surface area contributed by atoms with Gasteiger partial charge in [0.05, 0.1) is 18.3 Å². The van der Waals surface area contributed by atoms with Crippen LogP contribution >= 0.6 is 11.3 Å². The highest BCUT2D eigenvalue weighted by atomic mass is 32.1. The van der Waals surface area contributed by atoms with Crippen molar-refractivity contribution in [3.8, 4) is 5.75 Å². The summed E-state index contributed by atoms with van der Waals surface area (Å²) >= 11 is 1.49. The molecule has 0 spiro atoms. The van der Waals surface area contributed by atoms with E-state index in [0.717, 1.165) is 26.6 Å². The maximum absolute atomic E-state index is 12.4. The van der Waals surface area contributed by atoms with Crippen molar-refractivity contribution in [2.24, 2.45) is 0 Å². The van der Waals surface area contributed by atoms with E-state index in [9.17, 15) is 9.90 Å². The Hall–Kier alpha value is -2.18. The summed E-state index contributed by atoms with van der Waals surface area (Å²) in [4.78, 5) is 18.5. The van der Waals surface area contributed by atoms with Crippen LogP contribution in [-0.2, 0) is 6.54 Å². The van der Waals surface area contributed by atoms with E-state index in [0.29, 0.717) is 5.39 Å². The number of benzene rings is 1. The van der Waals surface area contributed by atoms with Gasteiger partial charge in [0.1, 0.15) is 23.3 Å². The minimum absolute atomic E-state index is 0.124. The Balaban J connectivity index is 1.72. The van der Waals surface area contributed by atoms with E-state index in [2.05, 4.69) is 4.98 Å². The minimum Gasteiger partial charge on any atom is -0.490 e. The molecule has 5 nitrogen and oxygen atoms in total. The fourth-order valence-electron chi connectivity index (χ4n) is 2.70. The number of rotatable bonds is 5. The van der Waals surface area contributed by atoms with Crippen molar-refractivity contribution in [3.05, 3.63) is 57.0 Å². The summed E-state index contributed by atoms with van der Waals surface area (Å²) in [6, 6.07) is 7.74. The van der Waals surface area contributed by atoms with Gasteiger partial charge < -0.3 is 9.84 Å². The second-order valence-electron chi connectivity index (χ2n) is 5.96. The number of aliphatic hydroxyl groups is 1. The summed E-state index contributed by atoms with van der Waals surface area (Å²) in [5, 5.41) is 10.8. The molecule has 0 aliphatic carbocycles. The molecule has 2 heterocycles. The third kappa shape index (κ3) is 3.34. The van der Waals surface area contributed by atoms with Gasteiger partial charge in [0.25, 0.3) is 5.56 Å². The highest BCUT2D eigenvalue weighted by molar-refractivity contribution is 7.18. The van der Waals surface area contributed by atoms with E-state index in [4.69, 9.17) is 4.74 Å². The zero-order chi connectivity index (χ0) is 17.3. The quantitative estimate of drug-likeness (QED) is 0.773. The topological polar surface area (TPSA) is 64.4 Å². The van der Waals surface area contributed by atoms with E-state index < -0.39 is 6.10 Å². The number of thiophene rings is 1. The number of nitrogens with zero attached hydrogens (tertiary/aromatic N) is 2. The summed E-state index contributed by atoms with van der Waals surface area (Å²) in [7, 11) is 0. The molecule has 1 unspecified atom stereocenters. The molecule has 1 atom stereocenters. The molecule has 6 heteroatoms. The molecule has 0 aliphatic rings. The summed E-state index contributed by atoms with van der Waals surface area (Å²) in [5.74, 6) is 0.783. The van der Waals surface area contributed by atoms with Crippen molar-refractivity contribution >= 4 is 21.6 Å². The molecule has 24 heavy (non-hydrogen) atoms. The Morgan fingerprint density at radius 1 is 1.29 bits per heavy atom. The van der Waals surface area contributed by atoms with E-state index in [1.807, 2.05) is 45.0 Å². The number of aromatic nitrogens is 2. The first-order valence-corrected chi connectivity index (χ1v) is 8.60. The molecule has 1 N–H and O–H groups in total. The van der Waals surface area contributed by atoms with Gasteiger partial charge in [0, 0.05) is 4.88 Å². The highest BCUT2D eigenvalue weighted by Crippen LogP contribution is 2.22. The van der Waals surface area contributed by atoms with Gasteiger partial charge in [-0.3, -0.25) is 9.36 Å². The zero-order valence-corrected chi connectivity index (χ0v) is 14.8. The van der Waals surface area contributed by atoms with Gasteiger partial charge in [0.2, 0.25) is 0 Å². The molecule has 0 saturated carbocycles. The Labute approximate surface area is 144 Å². The van der Waals surface area contributed by atoms with Gasteiger partial charge in [0.15, 0.2) is 0 Å². The minimum atomic E-state index is -0.791. The van der Waals surface area contributed by atoms with Crippen LogP contribution in [0, 0.1) is 20.8 Å². The van der Waals surface area contributed by atoms with Crippen LogP contribution in [0.25, 0.3) is 10.2 Å². The van der Waals surface area contributed by atoms with Crippen molar-refractivity contribution in [1.82, 2.24) is 9.55 Å². The highest BCUT2D eigenvalue weighted by Gasteiger charge is 2.13. The van der Waals surface area contributed by atoms with Crippen LogP contribution in [0.3, 0.4) is 0 Å². The Morgan fingerprint density at radius 2 is 2.00 bits per heavy atom. The van der Waals surface area contributed by atoms with Crippen molar-refractivity contribution < 1.29 is 9.84 Å². The molecular weight excluding hydrogens is 324 g/mol. The van der Waals surface area contributed by atoms with Crippen LogP contribution in [0.2, 0.25) is 0 Å². The lowest BCUT2D eigenvalue weighted by Crippen LogP contribution is -2.30. The van der Waals surface area contributed by atoms with E-state index in [1.54, 1.807) is 0 Å². The van der Waals surface area contributed by atoms with Gasteiger partial charge in [-0.25, -0.2) is 4.98 Å². The largest absolute Gasteiger partial charge is 0.490 e. The summed E-state index contributed by atoms with van der Waals surface area (Å²) in [6.45, 7) is 6.16. The Kier molecular flexibility index (Phi) is 4.69. The van der Waals surface area contributed by atoms with Crippen molar-refractivity contribution in [2.75, 3.05) is 6.61 Å². The number of aliphatic hydroxyl groups excluding tert-OH is 1. The van der Waals surface area contributed by atoms with E-state index in [-0.39, 0.29) is 18.7 Å². The maximum atomic E-state index is 12.4. The van der Waals surface area contributed by atoms with Gasteiger partial charge in [-0.1, -0.05) is 18.2 Å². The first-order valence-electron chi connectivity index (χ1n) is 7.78. The average Bonchev–Trinajstić information content (AvgIpc) is 2.91. The normalized spacial score (nSPS) is 12.5. The summed E-state index contributed by atoms with van der Waals surface area (Å²) in [6.07, 6.45) is 0.698. The number of para-hydroxylation sites is 1. The number of hydrogen-bond acceptors (Lipinski definition) is 5. The van der Waals surface area contributed by atoms with Crippen LogP contribution in [0.5, 0.6) is 5.75 Å². The zero-order valence-electron chi connectivity index (χ0n) is 13.9. The first-order chi connectivity index (χ1) is 11.5. The second-order valence-corrected chi connectivity index (χ2v) is 7.20. The maximum Gasteiger partial charge on any atom is 0.262 e. The third-order valence-corrected chi connectivity index (χ3v) is 4.84. The molecule has 0 amide bonds. The summed E-state index contributed by atoms with van der Waals surface area (Å²) in [5.41, 5.74) is 1.92. The van der Waals surface area contributed by atoms with Crippen molar-refractivity contribution in [2.45, 2.75) is 33.4 Å². The van der Waals surface area contributed by atoms with E-state index in [1.165, 1.54) is 22.2 Å². The van der Waals surface area contributed by atoms with Gasteiger partial charge in [-0.15, -0.1) is 11.3 Å². The Bertz CT molecular complexity index is 909. The van der Waals surface area contributed by atoms with Crippen LogP contribution in [0.4, 0.5) is 0 Å². The SMILES string of the molecule is Cc1cc2c(=O)n(CC(O)COc3c(C)cccc3C)cnc2s1. The predicted octanol–water partition coefficient (Wildman–Crippen LogP) is 2.82. The number of aryl methyl sites for hydroxylation is 3. The fraction of sp³-hybridized carbons (Fsp3) is 0.333. The van der Waals surface area contributed by atoms with Crippen LogP contribution in [0.1, 0.15) is 16.0 Å². The molecule has 1 aromatic carbocycles. The van der Waals surface area contributed by atoms with Crippen LogP contribution in [-0.4, -0.2) is 27.4 Å². The second kappa shape index (κ2) is 6.75. The van der Waals surface area contributed by atoms with Gasteiger partial charge in [-0.05, 0) is 38.0 Å². The smallest absolute Gasteiger partial charge is 0.262 e. The summed E-state index contributed by atoms with van der Waals surface area (Å²) < 4.78 is 7.19. The molecule has 0 fully saturated rings. The molecule has 2 aromatic heterocycles. The van der Waals surface area contributed by atoms with Gasteiger partial charge >= 0.3 is 0 Å². The fourth-order valence-corrected chi connectivity index (χ4v) is 3.53. The lowest BCUT2D eigenvalue weighted by atomic mass is 10.1. The molecular formula is C18H20N2O3S. The first kappa shape index (κ1) is 16.7. The standard InChI is InChI=1S/C18H20N2O3S/c1-11-5-4-6-12(2)16(11)23-9-14(21)8-20-10-19-17-15(18(20)22)7-13(3)24-17/h4-7,10,14,21H,8-9H2,1-3H3. The van der Waals surface area contributed by atoms with Crippen LogP contribution < -0.4 is 10.3 Å². The number of ether oxygens (including phenoxy) is 1. The average molecular weight is 344 g/mol. The Morgan fingerprint density at radius 3 is 2.71 bits per heavy atom. The van der Waals surface area contributed by atoms with Crippen LogP contribution in [0.15, 0.2) is 35.4 Å². The molecule has 0 saturated heterocycles. The lowest BCUT2D eigenvalue weighted by Gasteiger charge is -2.16. The molecule has 0 radical (unpaired) electrons. The van der Waals surface area contributed by atoms with Crippen molar-refractivity contribution in [1.29, 1.82) is 0 Å². The molecule has 3 aromatic rings. The monoisotopic (exact) mass is 344 g/mol. The van der Waals surface area contributed by atoms with E-state index >= 15 is 0 Å². The third-order valence-electron chi connectivity index (χ3n) is 3.88. The molecule has 0 bridgehead atoms. The molecule has 0 aliphatic heterocycles. The number of hydrogen-bond donors (Lipinski definition) is 1. The molecule has 3 rings (SSSR count).